The van der Waals surface area contributed by atoms with Gasteiger partial charge in [0.2, 0.25) is 5.91 Å². The van der Waals surface area contributed by atoms with Gasteiger partial charge in [0.1, 0.15) is 12.4 Å². The lowest BCUT2D eigenvalue weighted by atomic mass is 10.00. The highest BCUT2D eigenvalue weighted by Gasteiger charge is 2.39. The Morgan fingerprint density at radius 3 is 2.96 bits per heavy atom. The molecule has 0 spiro atoms. The van der Waals surface area contributed by atoms with Crippen molar-refractivity contribution in [2.75, 3.05) is 19.5 Å². The van der Waals surface area contributed by atoms with Crippen LogP contribution in [0.25, 0.3) is 6.08 Å². The summed E-state index contributed by atoms with van der Waals surface area (Å²) in [6.07, 6.45) is 5.58. The van der Waals surface area contributed by atoms with E-state index in [1.807, 2.05) is 36.4 Å². The maximum atomic E-state index is 12.7. The molecule has 28 heavy (non-hydrogen) atoms. The maximum absolute atomic E-state index is 12.7. The lowest BCUT2D eigenvalue weighted by Crippen LogP contribution is -2.49. The summed E-state index contributed by atoms with van der Waals surface area (Å²) in [6, 6.07) is 6.96. The second-order valence-electron chi connectivity index (χ2n) is 6.19. The topological polar surface area (TPSA) is 68.2 Å². The molecule has 2 aliphatic heterocycles. The molecule has 0 aliphatic carbocycles. The van der Waals surface area contributed by atoms with Crippen LogP contribution in [0, 0.1) is 0 Å². The average molecular weight is 398 g/mol. The van der Waals surface area contributed by atoms with Crippen LogP contribution in [-0.2, 0) is 14.3 Å². The maximum Gasteiger partial charge on any atom is 0.338 e. The van der Waals surface area contributed by atoms with Gasteiger partial charge in [-0.15, -0.1) is 0 Å². The molecule has 0 unspecified atom stereocenters. The van der Waals surface area contributed by atoms with Crippen LogP contribution in [-0.4, -0.2) is 47.5 Å². The number of aliphatic imine (C=N–C) groups is 1. The highest BCUT2D eigenvalue weighted by Crippen LogP contribution is 2.33. The SMILES string of the molecule is C=CCOC(=O)C1=C(C)N=C2SCCC(=O)N2[C@@H]1/C=C/c1ccccc1OC. The third-order valence-corrected chi connectivity index (χ3v) is 5.35. The predicted octanol–water partition coefficient (Wildman–Crippen LogP) is 3.42. The first kappa shape index (κ1) is 19.9. The van der Waals surface area contributed by atoms with Gasteiger partial charge in [0.15, 0.2) is 5.17 Å². The quantitative estimate of drug-likeness (QED) is 0.543. The number of hydrogen-bond acceptors (Lipinski definition) is 6. The van der Waals surface area contributed by atoms with Crippen LogP contribution in [0.15, 0.2) is 59.3 Å². The van der Waals surface area contributed by atoms with Crippen LogP contribution >= 0.6 is 11.8 Å². The molecule has 0 bridgehead atoms. The molecular weight excluding hydrogens is 376 g/mol. The number of methoxy groups -OCH3 is 1. The number of benzene rings is 1. The summed E-state index contributed by atoms with van der Waals surface area (Å²) in [5.41, 5.74) is 1.76. The fourth-order valence-corrected chi connectivity index (χ4v) is 4.11. The summed E-state index contributed by atoms with van der Waals surface area (Å²) in [6.45, 7) is 5.43. The summed E-state index contributed by atoms with van der Waals surface area (Å²) >= 11 is 1.51. The van der Waals surface area contributed by atoms with Crippen molar-refractivity contribution in [2.45, 2.75) is 19.4 Å². The molecule has 0 radical (unpaired) electrons. The standard InChI is InChI=1S/C21H22N2O4S/c1-4-12-27-20(25)19-14(2)22-21-23(18(24)11-13-28-21)16(19)10-9-15-7-5-6-8-17(15)26-3/h4-10,16H,1,11-13H2,2-3H3/b10-9+/t16-/m1/s1. The number of para-hydroxylation sites is 1. The van der Waals surface area contributed by atoms with Crippen LogP contribution in [0.2, 0.25) is 0 Å². The van der Waals surface area contributed by atoms with Gasteiger partial charge in [0.05, 0.1) is 24.4 Å². The number of fused-ring (bicyclic) bond motifs is 1. The third kappa shape index (κ3) is 4.04. The van der Waals surface area contributed by atoms with Crippen molar-refractivity contribution in [3.8, 4) is 5.75 Å². The second-order valence-corrected chi connectivity index (χ2v) is 7.25. The third-order valence-electron chi connectivity index (χ3n) is 4.40. The van der Waals surface area contributed by atoms with E-state index in [4.69, 9.17) is 9.47 Å². The van der Waals surface area contributed by atoms with Crippen LogP contribution < -0.4 is 4.74 Å². The number of amides is 1. The fourth-order valence-electron chi connectivity index (χ4n) is 3.10. The Morgan fingerprint density at radius 2 is 2.21 bits per heavy atom. The Bertz CT molecular complexity index is 888. The van der Waals surface area contributed by atoms with E-state index in [2.05, 4.69) is 11.6 Å². The zero-order chi connectivity index (χ0) is 20.1. The first-order chi connectivity index (χ1) is 13.6. The average Bonchev–Trinajstić information content (AvgIpc) is 2.70. The van der Waals surface area contributed by atoms with Crippen molar-refractivity contribution in [1.29, 1.82) is 0 Å². The zero-order valence-corrected chi connectivity index (χ0v) is 16.7. The van der Waals surface area contributed by atoms with Gasteiger partial charge >= 0.3 is 5.97 Å². The van der Waals surface area contributed by atoms with Crippen LogP contribution in [0.1, 0.15) is 18.9 Å². The van der Waals surface area contributed by atoms with Gasteiger partial charge in [0, 0.05) is 17.7 Å². The van der Waals surface area contributed by atoms with Crippen molar-refractivity contribution in [1.82, 2.24) is 4.90 Å². The normalized spacial score (nSPS) is 19.4. The Kier molecular flexibility index (Phi) is 6.36. The van der Waals surface area contributed by atoms with Gasteiger partial charge in [-0.05, 0) is 13.0 Å². The summed E-state index contributed by atoms with van der Waals surface area (Å²) in [5.74, 6) is 0.826. The van der Waals surface area contributed by atoms with Gasteiger partial charge in [-0.3, -0.25) is 9.69 Å². The van der Waals surface area contributed by atoms with Gasteiger partial charge in [-0.25, -0.2) is 9.79 Å². The molecule has 2 heterocycles. The van der Waals surface area contributed by atoms with E-state index >= 15 is 0 Å². The Hall–Kier alpha value is -2.80. The molecule has 6 nitrogen and oxygen atoms in total. The number of carbonyl (C=O) groups is 2. The summed E-state index contributed by atoms with van der Waals surface area (Å²) < 4.78 is 10.6. The molecule has 1 aromatic carbocycles. The molecule has 1 fully saturated rings. The molecule has 3 rings (SSSR count). The van der Waals surface area contributed by atoms with E-state index in [9.17, 15) is 9.59 Å². The Balaban J connectivity index is 2.02. The number of nitrogens with zero attached hydrogens (tertiary/aromatic N) is 2. The molecule has 0 saturated carbocycles. The van der Waals surface area contributed by atoms with Gasteiger partial charge < -0.3 is 9.47 Å². The van der Waals surface area contributed by atoms with Crippen molar-refractivity contribution in [3.63, 3.8) is 0 Å². The minimum Gasteiger partial charge on any atom is -0.496 e. The summed E-state index contributed by atoms with van der Waals surface area (Å²) in [7, 11) is 1.60. The summed E-state index contributed by atoms with van der Waals surface area (Å²) in [4.78, 5) is 31.4. The van der Waals surface area contributed by atoms with E-state index in [0.717, 1.165) is 5.56 Å². The Labute approximate surface area is 168 Å². The number of amidine groups is 1. The number of rotatable bonds is 6. The van der Waals surface area contributed by atoms with Crippen molar-refractivity contribution in [2.24, 2.45) is 4.99 Å². The molecule has 1 amide bonds. The lowest BCUT2D eigenvalue weighted by molar-refractivity contribution is -0.138. The molecule has 0 N–H and O–H groups in total. The first-order valence-electron chi connectivity index (χ1n) is 8.90. The van der Waals surface area contributed by atoms with E-state index < -0.39 is 12.0 Å². The lowest BCUT2D eigenvalue weighted by Gasteiger charge is -2.37. The van der Waals surface area contributed by atoms with Crippen molar-refractivity contribution in [3.05, 3.63) is 59.8 Å². The molecule has 7 heteroatoms. The van der Waals surface area contributed by atoms with Gasteiger partial charge in [0.25, 0.3) is 0 Å². The van der Waals surface area contributed by atoms with Crippen molar-refractivity contribution >= 4 is 34.9 Å². The van der Waals surface area contributed by atoms with Crippen LogP contribution in [0.3, 0.4) is 0 Å². The number of thioether (sulfide) groups is 1. The van der Waals surface area contributed by atoms with E-state index in [1.165, 1.54) is 17.8 Å². The largest absolute Gasteiger partial charge is 0.496 e. The number of ether oxygens (including phenoxy) is 2. The summed E-state index contributed by atoms with van der Waals surface area (Å²) in [5, 5.41) is 0.615. The molecule has 1 saturated heterocycles. The monoisotopic (exact) mass is 398 g/mol. The number of esters is 1. The number of hydrogen-bond donors (Lipinski definition) is 0. The predicted molar refractivity (Wildman–Crippen MR) is 111 cm³/mol. The van der Waals surface area contributed by atoms with Crippen molar-refractivity contribution < 1.29 is 19.1 Å². The molecule has 1 atom stereocenters. The number of allylic oxidation sites excluding steroid dienone is 1. The molecule has 0 aromatic heterocycles. The smallest absolute Gasteiger partial charge is 0.338 e. The van der Waals surface area contributed by atoms with Crippen LogP contribution in [0.4, 0.5) is 0 Å². The van der Waals surface area contributed by atoms with E-state index in [-0.39, 0.29) is 12.5 Å². The highest BCUT2D eigenvalue weighted by molar-refractivity contribution is 8.14. The number of carbonyl (C=O) groups excluding carboxylic acids is 2. The van der Waals surface area contributed by atoms with E-state index in [1.54, 1.807) is 18.9 Å². The fraction of sp³-hybridized carbons (Fsp3) is 0.286. The van der Waals surface area contributed by atoms with Crippen LogP contribution in [0.5, 0.6) is 5.75 Å². The Morgan fingerprint density at radius 1 is 1.43 bits per heavy atom. The highest BCUT2D eigenvalue weighted by atomic mass is 32.2. The second kappa shape index (κ2) is 8.93. The van der Waals surface area contributed by atoms with Gasteiger partial charge in [-0.2, -0.15) is 0 Å². The first-order valence-corrected chi connectivity index (χ1v) is 9.89. The van der Waals surface area contributed by atoms with E-state index in [0.29, 0.717) is 34.4 Å². The molecule has 146 valence electrons. The molecular formula is C21H22N2O4S. The molecule has 1 aromatic rings. The molecule has 2 aliphatic rings. The minimum atomic E-state index is -0.588. The zero-order valence-electron chi connectivity index (χ0n) is 15.9. The van der Waals surface area contributed by atoms with Gasteiger partial charge in [-0.1, -0.05) is 54.8 Å². The minimum absolute atomic E-state index is 0.0614.